The topological polar surface area (TPSA) is 42.0 Å². The number of carbonyl (C=O) groups excluding carboxylic acids is 1. The van der Waals surface area contributed by atoms with Crippen LogP contribution in [0.25, 0.3) is 0 Å². The monoisotopic (exact) mass is 318 g/mol. The van der Waals surface area contributed by atoms with E-state index in [0.717, 1.165) is 26.2 Å². The van der Waals surface area contributed by atoms with E-state index in [0.29, 0.717) is 19.2 Å². The van der Waals surface area contributed by atoms with E-state index in [1.165, 1.54) is 16.7 Å². The minimum absolute atomic E-state index is 0.108. The Labute approximate surface area is 138 Å². The predicted molar refractivity (Wildman–Crippen MR) is 88.6 cm³/mol. The fourth-order valence-electron chi connectivity index (χ4n) is 3.29. The summed E-state index contributed by atoms with van der Waals surface area (Å²) >= 11 is 0. The summed E-state index contributed by atoms with van der Waals surface area (Å²) in [6.45, 7) is 10.8. The lowest BCUT2D eigenvalue weighted by Crippen LogP contribution is -2.48. The van der Waals surface area contributed by atoms with Gasteiger partial charge in [0.2, 0.25) is 0 Å². The Morgan fingerprint density at radius 2 is 2.09 bits per heavy atom. The number of carbonyl (C=O) groups is 1. The van der Waals surface area contributed by atoms with Gasteiger partial charge >= 0.3 is 6.09 Å². The van der Waals surface area contributed by atoms with Gasteiger partial charge < -0.3 is 14.4 Å². The second-order valence-electron chi connectivity index (χ2n) is 6.63. The average molecular weight is 318 g/mol. The van der Waals surface area contributed by atoms with Gasteiger partial charge in [-0.05, 0) is 31.9 Å². The molecule has 0 radical (unpaired) electrons. The van der Waals surface area contributed by atoms with Crippen molar-refractivity contribution >= 4 is 6.09 Å². The molecule has 2 saturated heterocycles. The first-order chi connectivity index (χ1) is 11.0. The van der Waals surface area contributed by atoms with Gasteiger partial charge in [0.1, 0.15) is 6.61 Å². The van der Waals surface area contributed by atoms with E-state index in [-0.39, 0.29) is 12.2 Å². The van der Waals surface area contributed by atoms with Crippen molar-refractivity contribution in [3.63, 3.8) is 0 Å². The first-order valence-corrected chi connectivity index (χ1v) is 8.39. The van der Waals surface area contributed by atoms with Gasteiger partial charge in [0, 0.05) is 25.7 Å². The van der Waals surface area contributed by atoms with Crippen LogP contribution >= 0.6 is 0 Å². The van der Waals surface area contributed by atoms with Crippen molar-refractivity contribution in [1.82, 2.24) is 9.80 Å². The van der Waals surface area contributed by atoms with Crippen LogP contribution in [0.3, 0.4) is 0 Å². The quantitative estimate of drug-likeness (QED) is 0.855. The van der Waals surface area contributed by atoms with Crippen molar-refractivity contribution in [1.29, 1.82) is 0 Å². The maximum atomic E-state index is 11.6. The third-order valence-corrected chi connectivity index (χ3v) is 4.85. The van der Waals surface area contributed by atoms with Gasteiger partial charge in [-0.25, -0.2) is 4.79 Å². The molecule has 126 valence electrons. The molecule has 0 aliphatic carbocycles. The number of cyclic esters (lactones) is 1. The van der Waals surface area contributed by atoms with Gasteiger partial charge in [0.15, 0.2) is 0 Å². The van der Waals surface area contributed by atoms with E-state index in [1.54, 1.807) is 4.90 Å². The molecule has 0 saturated carbocycles. The summed E-state index contributed by atoms with van der Waals surface area (Å²) in [5.41, 5.74) is 3.82. The van der Waals surface area contributed by atoms with E-state index in [2.05, 4.69) is 43.9 Å². The molecule has 2 aliphatic heterocycles. The third kappa shape index (κ3) is 3.67. The summed E-state index contributed by atoms with van der Waals surface area (Å²) in [6, 6.07) is 6.90. The highest BCUT2D eigenvalue weighted by Crippen LogP contribution is 2.28. The fourth-order valence-corrected chi connectivity index (χ4v) is 3.29. The molecule has 2 aliphatic rings. The molecule has 0 bridgehead atoms. The Morgan fingerprint density at radius 1 is 1.26 bits per heavy atom. The predicted octanol–water partition coefficient (Wildman–Crippen LogP) is 2.52. The van der Waals surface area contributed by atoms with Crippen LogP contribution in [0.15, 0.2) is 18.2 Å². The van der Waals surface area contributed by atoms with Crippen LogP contribution in [-0.4, -0.2) is 61.3 Å². The summed E-state index contributed by atoms with van der Waals surface area (Å²) in [5.74, 6) is 0. The maximum absolute atomic E-state index is 11.6. The van der Waals surface area contributed by atoms with Crippen molar-refractivity contribution in [2.45, 2.75) is 32.9 Å². The number of ether oxygens (including phenoxy) is 2. The average Bonchev–Trinajstić information content (AvgIpc) is 2.94. The van der Waals surface area contributed by atoms with E-state index >= 15 is 0 Å². The summed E-state index contributed by atoms with van der Waals surface area (Å²) in [4.78, 5) is 15.8. The standard InChI is InChI=1S/C18H26N2O3/c1-13-4-5-14(2)16(10-13)17-11-20(15(3)12-23-17)7-6-19-8-9-22-18(19)21/h4-5,10,15,17H,6-9,11-12H2,1-3H3/t15-,17+/m1/s1. The fraction of sp³-hybridized carbons (Fsp3) is 0.611. The third-order valence-electron chi connectivity index (χ3n) is 4.85. The minimum atomic E-state index is -0.183. The summed E-state index contributed by atoms with van der Waals surface area (Å²) < 4.78 is 11.1. The number of rotatable bonds is 4. The van der Waals surface area contributed by atoms with E-state index in [1.807, 2.05) is 0 Å². The Bertz CT molecular complexity index is 575. The number of benzene rings is 1. The van der Waals surface area contributed by atoms with Crippen molar-refractivity contribution in [3.8, 4) is 0 Å². The highest BCUT2D eigenvalue weighted by molar-refractivity contribution is 5.69. The molecule has 2 heterocycles. The van der Waals surface area contributed by atoms with E-state index in [4.69, 9.17) is 9.47 Å². The van der Waals surface area contributed by atoms with Gasteiger partial charge in [-0.3, -0.25) is 4.90 Å². The largest absolute Gasteiger partial charge is 0.448 e. The molecule has 2 fully saturated rings. The van der Waals surface area contributed by atoms with Gasteiger partial charge in [-0.15, -0.1) is 0 Å². The van der Waals surface area contributed by atoms with Crippen LogP contribution in [0.2, 0.25) is 0 Å². The zero-order valence-corrected chi connectivity index (χ0v) is 14.2. The van der Waals surface area contributed by atoms with Crippen LogP contribution in [-0.2, 0) is 9.47 Å². The highest BCUT2D eigenvalue weighted by atomic mass is 16.6. The highest BCUT2D eigenvalue weighted by Gasteiger charge is 2.29. The van der Waals surface area contributed by atoms with Crippen LogP contribution < -0.4 is 0 Å². The molecule has 1 aromatic carbocycles. The van der Waals surface area contributed by atoms with Crippen molar-refractivity contribution in [3.05, 3.63) is 34.9 Å². The Hall–Kier alpha value is -1.59. The van der Waals surface area contributed by atoms with Crippen molar-refractivity contribution < 1.29 is 14.3 Å². The zero-order chi connectivity index (χ0) is 16.4. The van der Waals surface area contributed by atoms with Gasteiger partial charge in [0.25, 0.3) is 0 Å². The van der Waals surface area contributed by atoms with Gasteiger partial charge in [0.05, 0.1) is 19.3 Å². The first-order valence-electron chi connectivity index (χ1n) is 8.39. The van der Waals surface area contributed by atoms with Crippen LogP contribution in [0.4, 0.5) is 4.79 Å². The molecule has 2 atom stereocenters. The molecule has 0 aromatic heterocycles. The number of amides is 1. The summed E-state index contributed by atoms with van der Waals surface area (Å²) in [7, 11) is 0. The summed E-state index contributed by atoms with van der Waals surface area (Å²) in [5, 5.41) is 0. The van der Waals surface area contributed by atoms with Crippen LogP contribution in [0.5, 0.6) is 0 Å². The van der Waals surface area contributed by atoms with Gasteiger partial charge in [-0.2, -0.15) is 0 Å². The summed E-state index contributed by atoms with van der Waals surface area (Å²) in [6.07, 6.45) is -0.0754. The van der Waals surface area contributed by atoms with Crippen LogP contribution in [0.1, 0.15) is 29.7 Å². The van der Waals surface area contributed by atoms with Gasteiger partial charge in [-0.1, -0.05) is 23.8 Å². The van der Waals surface area contributed by atoms with E-state index in [9.17, 15) is 4.79 Å². The number of morpholine rings is 1. The number of aryl methyl sites for hydroxylation is 2. The molecule has 0 unspecified atom stereocenters. The molecule has 0 N–H and O–H groups in total. The second-order valence-corrected chi connectivity index (χ2v) is 6.63. The lowest BCUT2D eigenvalue weighted by atomic mass is 9.99. The second kappa shape index (κ2) is 6.89. The molecule has 0 spiro atoms. The van der Waals surface area contributed by atoms with Crippen molar-refractivity contribution in [2.24, 2.45) is 0 Å². The lowest BCUT2D eigenvalue weighted by Gasteiger charge is -2.39. The molecular weight excluding hydrogens is 292 g/mol. The Kier molecular flexibility index (Phi) is 4.87. The molecule has 1 amide bonds. The van der Waals surface area contributed by atoms with Crippen molar-refractivity contribution in [2.75, 3.05) is 39.4 Å². The zero-order valence-electron chi connectivity index (χ0n) is 14.2. The Morgan fingerprint density at radius 3 is 2.83 bits per heavy atom. The molecule has 23 heavy (non-hydrogen) atoms. The molecular formula is C18H26N2O3. The maximum Gasteiger partial charge on any atom is 0.409 e. The lowest BCUT2D eigenvalue weighted by molar-refractivity contribution is -0.0611. The van der Waals surface area contributed by atoms with Crippen LogP contribution in [0, 0.1) is 13.8 Å². The SMILES string of the molecule is Cc1ccc(C)c([C@@H]2CN(CCN3CCOC3=O)[C@H](C)CO2)c1. The number of hydrogen-bond acceptors (Lipinski definition) is 4. The molecule has 1 aromatic rings. The molecule has 5 heteroatoms. The molecule has 3 rings (SSSR count). The number of hydrogen-bond donors (Lipinski definition) is 0. The number of nitrogens with zero attached hydrogens (tertiary/aromatic N) is 2. The van der Waals surface area contributed by atoms with E-state index < -0.39 is 0 Å². The first kappa shape index (κ1) is 16.3. The smallest absolute Gasteiger partial charge is 0.409 e. The molecule has 5 nitrogen and oxygen atoms in total. The Balaban J connectivity index is 1.64. The normalized spacial score (nSPS) is 25.7. The minimum Gasteiger partial charge on any atom is -0.448 e.